The van der Waals surface area contributed by atoms with Crippen molar-refractivity contribution in [1.82, 2.24) is 4.98 Å². The van der Waals surface area contributed by atoms with Crippen LogP contribution in [0.3, 0.4) is 0 Å². The lowest BCUT2D eigenvalue weighted by atomic mass is 10.1. The quantitative estimate of drug-likeness (QED) is 0.644. The zero-order valence-electron chi connectivity index (χ0n) is 8.58. The van der Waals surface area contributed by atoms with Gasteiger partial charge in [0, 0.05) is 17.5 Å². The summed E-state index contributed by atoms with van der Waals surface area (Å²) in [5, 5.41) is 20.2. The maximum Gasteiger partial charge on any atom is 0.335 e. The third kappa shape index (κ3) is 3.50. The van der Waals surface area contributed by atoms with Gasteiger partial charge in [0.2, 0.25) is 0 Å². The van der Waals surface area contributed by atoms with Crippen molar-refractivity contribution in [3.63, 3.8) is 0 Å². The van der Waals surface area contributed by atoms with Gasteiger partial charge in [-0.15, -0.1) is 0 Å². The third-order valence-electron chi connectivity index (χ3n) is 1.88. The normalized spacial score (nSPS) is 11.5. The number of pyridine rings is 1. The molecule has 0 atom stereocenters. The second-order valence-electron chi connectivity index (χ2n) is 3.10. The molecule has 8 nitrogen and oxygen atoms in total. The number of nitrogens with zero attached hydrogens (tertiary/aromatic N) is 1. The van der Waals surface area contributed by atoms with Gasteiger partial charge in [-0.1, -0.05) is 5.75 Å². The summed E-state index contributed by atoms with van der Waals surface area (Å²) < 4.78 is 14.1. The summed E-state index contributed by atoms with van der Waals surface area (Å²) in [6, 6.07) is 0. The van der Waals surface area contributed by atoms with E-state index in [1.807, 2.05) is 0 Å². The fourth-order valence-electron chi connectivity index (χ4n) is 1.12. The first-order chi connectivity index (χ1) is 7.72. The molecule has 1 heterocycles. The van der Waals surface area contributed by atoms with Gasteiger partial charge in [0.1, 0.15) is 0 Å². The molecule has 0 amide bonds. The largest absolute Gasteiger partial charge is 0.871 e. The Hall–Kier alpha value is -1.47. The molecular formula is C8H7NO7P-3. The molecule has 1 rings (SSSR count). The second-order valence-corrected chi connectivity index (χ2v) is 4.25. The number of hydrogen-bond acceptors (Lipinski definition) is 7. The maximum atomic E-state index is 11.4. The first-order valence-electron chi connectivity index (χ1n) is 4.27. The number of aryl methyl sites for hydroxylation is 1. The number of aromatic carboxylic acids is 1. The van der Waals surface area contributed by atoms with Crippen LogP contribution in [0.25, 0.3) is 0 Å². The van der Waals surface area contributed by atoms with Gasteiger partial charge in [0.15, 0.2) is 0 Å². The van der Waals surface area contributed by atoms with E-state index in [0.717, 1.165) is 6.20 Å². The van der Waals surface area contributed by atoms with Crippen molar-refractivity contribution in [1.29, 1.82) is 0 Å². The number of rotatable bonds is 4. The Kier molecular flexibility index (Phi) is 3.84. The molecule has 0 aromatic carbocycles. The van der Waals surface area contributed by atoms with Crippen molar-refractivity contribution in [2.45, 2.75) is 13.5 Å². The van der Waals surface area contributed by atoms with E-state index in [2.05, 4.69) is 9.51 Å². The van der Waals surface area contributed by atoms with Crippen LogP contribution < -0.4 is 14.9 Å². The van der Waals surface area contributed by atoms with E-state index in [9.17, 15) is 24.3 Å². The number of carbonyl (C=O) groups is 1. The van der Waals surface area contributed by atoms with E-state index >= 15 is 0 Å². The van der Waals surface area contributed by atoms with Crippen LogP contribution in [0, 0.1) is 6.92 Å². The molecule has 0 spiro atoms. The minimum Gasteiger partial charge on any atom is -0.871 e. The summed E-state index contributed by atoms with van der Waals surface area (Å²) in [5.74, 6) is -2.38. The Morgan fingerprint density at radius 1 is 1.59 bits per heavy atom. The van der Waals surface area contributed by atoms with Crippen molar-refractivity contribution in [3.8, 4) is 5.75 Å². The number of phosphoric acid groups is 1. The topological polar surface area (TPSA) is 146 Å². The first kappa shape index (κ1) is 13.6. The van der Waals surface area contributed by atoms with Crippen LogP contribution in [0.4, 0.5) is 0 Å². The summed E-state index contributed by atoms with van der Waals surface area (Å²) >= 11 is 0. The van der Waals surface area contributed by atoms with Crippen LogP contribution in [-0.2, 0) is 15.7 Å². The SMILES string of the molecule is Cc1ncc(COP(=O)([O-])[O-])c(C(=O)O)c1[O-]. The van der Waals surface area contributed by atoms with Gasteiger partial charge in [0.05, 0.1) is 20.0 Å². The molecule has 1 N–H and O–H groups in total. The van der Waals surface area contributed by atoms with Gasteiger partial charge in [0.25, 0.3) is 0 Å². The van der Waals surface area contributed by atoms with E-state index < -0.39 is 31.7 Å². The highest BCUT2D eigenvalue weighted by atomic mass is 31.2. The molecule has 0 aliphatic rings. The molecule has 0 unspecified atom stereocenters. The lowest BCUT2D eigenvalue weighted by Gasteiger charge is -2.29. The Labute approximate surface area is 95.7 Å². The summed E-state index contributed by atoms with van der Waals surface area (Å²) in [6.45, 7) is 0.486. The van der Waals surface area contributed by atoms with Gasteiger partial charge in [-0.05, 0) is 6.92 Å². The standard InChI is InChI=1S/C8H10NO7P/c1-4-7(10)6(8(11)12)5(2-9-4)3-16-17(13,14)15/h2,10H,3H2,1H3,(H,11,12)(H2,13,14,15)/p-3. The van der Waals surface area contributed by atoms with Crippen LogP contribution in [0.2, 0.25) is 0 Å². The predicted molar refractivity (Wildman–Crippen MR) is 47.8 cm³/mol. The van der Waals surface area contributed by atoms with Crippen molar-refractivity contribution >= 4 is 13.8 Å². The molecule has 0 fully saturated rings. The fourth-order valence-corrected chi connectivity index (χ4v) is 1.41. The smallest absolute Gasteiger partial charge is 0.335 e. The van der Waals surface area contributed by atoms with Crippen LogP contribution in [-0.4, -0.2) is 16.1 Å². The summed E-state index contributed by atoms with van der Waals surface area (Å²) in [4.78, 5) is 34.9. The van der Waals surface area contributed by atoms with Crippen LogP contribution in [0.5, 0.6) is 5.75 Å². The third-order valence-corrected chi connectivity index (χ3v) is 2.33. The van der Waals surface area contributed by atoms with E-state index in [4.69, 9.17) is 5.11 Å². The van der Waals surface area contributed by atoms with Crippen LogP contribution in [0.15, 0.2) is 6.20 Å². The molecular weight excluding hydrogens is 253 g/mol. The highest BCUT2D eigenvalue weighted by Crippen LogP contribution is 2.29. The average molecular weight is 260 g/mol. The molecule has 1 aromatic heterocycles. The Bertz CT molecular complexity index is 495. The van der Waals surface area contributed by atoms with Gasteiger partial charge in [-0.2, -0.15) is 0 Å². The average Bonchev–Trinajstić information content (AvgIpc) is 2.18. The molecule has 1 aromatic rings. The predicted octanol–water partition coefficient (Wildman–Crippen LogP) is -1.49. The number of carboxylic acid groups (broad SMARTS) is 1. The molecule has 94 valence electrons. The van der Waals surface area contributed by atoms with Crippen molar-refractivity contribution in [2.24, 2.45) is 0 Å². The Morgan fingerprint density at radius 2 is 2.18 bits per heavy atom. The highest BCUT2D eigenvalue weighted by molar-refractivity contribution is 7.43. The molecule has 0 saturated heterocycles. The fraction of sp³-hybridized carbons (Fsp3) is 0.250. The molecule has 0 radical (unpaired) electrons. The number of hydrogen-bond donors (Lipinski definition) is 1. The van der Waals surface area contributed by atoms with Gasteiger partial charge in [-0.25, -0.2) is 4.79 Å². The zero-order valence-corrected chi connectivity index (χ0v) is 9.47. The molecule has 0 saturated carbocycles. The number of phosphoric ester groups is 1. The van der Waals surface area contributed by atoms with E-state index in [-0.39, 0.29) is 11.3 Å². The van der Waals surface area contributed by atoms with E-state index in [1.165, 1.54) is 6.92 Å². The van der Waals surface area contributed by atoms with E-state index in [0.29, 0.717) is 0 Å². The summed E-state index contributed by atoms with van der Waals surface area (Å²) in [6.07, 6.45) is 0.982. The molecule has 0 aliphatic heterocycles. The summed E-state index contributed by atoms with van der Waals surface area (Å²) in [7, 11) is -5.23. The highest BCUT2D eigenvalue weighted by Gasteiger charge is 2.13. The number of aromatic nitrogens is 1. The van der Waals surface area contributed by atoms with Gasteiger partial charge in [-0.3, -0.25) is 4.98 Å². The lowest BCUT2D eigenvalue weighted by Crippen LogP contribution is -2.18. The number of carboxylic acids is 1. The minimum absolute atomic E-state index is 0.0430. The summed E-state index contributed by atoms with van der Waals surface area (Å²) in [5.41, 5.74) is -0.954. The van der Waals surface area contributed by atoms with E-state index in [1.54, 1.807) is 0 Å². The second kappa shape index (κ2) is 4.80. The Balaban J connectivity index is 3.12. The van der Waals surface area contributed by atoms with Crippen molar-refractivity contribution in [3.05, 3.63) is 23.0 Å². The minimum atomic E-state index is -5.23. The molecule has 0 aliphatic carbocycles. The van der Waals surface area contributed by atoms with Gasteiger partial charge >= 0.3 is 5.97 Å². The maximum absolute atomic E-state index is 11.4. The lowest BCUT2D eigenvalue weighted by molar-refractivity contribution is -0.342. The van der Waals surface area contributed by atoms with Crippen LogP contribution in [0.1, 0.15) is 21.6 Å². The molecule has 17 heavy (non-hydrogen) atoms. The van der Waals surface area contributed by atoms with Crippen LogP contribution >= 0.6 is 7.82 Å². The van der Waals surface area contributed by atoms with Crippen molar-refractivity contribution < 1.29 is 33.9 Å². The molecule has 0 bridgehead atoms. The Morgan fingerprint density at radius 3 is 2.65 bits per heavy atom. The monoisotopic (exact) mass is 260 g/mol. The van der Waals surface area contributed by atoms with Gasteiger partial charge < -0.3 is 29.1 Å². The zero-order chi connectivity index (χ0) is 13.2. The first-order valence-corrected chi connectivity index (χ1v) is 5.74. The molecule has 9 heteroatoms. The van der Waals surface area contributed by atoms with Crippen molar-refractivity contribution in [2.75, 3.05) is 0 Å².